The zero-order chi connectivity index (χ0) is 21.3. The molecule has 0 fully saturated rings. The van der Waals surface area contributed by atoms with Crippen LogP contribution in [0.2, 0.25) is 0 Å². The van der Waals surface area contributed by atoms with Gasteiger partial charge >= 0.3 is 0 Å². The summed E-state index contributed by atoms with van der Waals surface area (Å²) in [6.07, 6.45) is 1.16. The largest absolute Gasteiger partial charge is 0.294 e. The number of Topliss-reactive ketones (excluding diaryl/α,β-unsaturated/α-hetero) is 1. The number of sulfonamides is 1. The third-order valence-electron chi connectivity index (χ3n) is 5.16. The third-order valence-corrected chi connectivity index (χ3v) is 6.99. The van der Waals surface area contributed by atoms with E-state index in [9.17, 15) is 22.0 Å². The third kappa shape index (κ3) is 3.73. The van der Waals surface area contributed by atoms with E-state index in [4.69, 9.17) is 0 Å². The molecule has 4 nitrogen and oxygen atoms in total. The molecule has 0 N–H and O–H groups in total. The van der Waals surface area contributed by atoms with E-state index in [1.54, 1.807) is 36.4 Å². The van der Waals surface area contributed by atoms with Gasteiger partial charge in [-0.05, 0) is 54.3 Å². The highest BCUT2D eigenvalue weighted by atomic mass is 32.2. The molecule has 0 unspecified atom stereocenters. The van der Waals surface area contributed by atoms with Gasteiger partial charge in [0.05, 0.1) is 16.1 Å². The van der Waals surface area contributed by atoms with Gasteiger partial charge in [-0.3, -0.25) is 9.10 Å². The summed E-state index contributed by atoms with van der Waals surface area (Å²) in [7, 11) is -3.76. The molecule has 0 bridgehead atoms. The fourth-order valence-corrected chi connectivity index (χ4v) is 5.26. The van der Waals surface area contributed by atoms with Gasteiger partial charge in [0.2, 0.25) is 0 Å². The number of hydrogen-bond donors (Lipinski definition) is 0. The van der Waals surface area contributed by atoms with Crippen molar-refractivity contribution in [1.29, 1.82) is 0 Å². The van der Waals surface area contributed by atoms with Crippen LogP contribution in [0, 0.1) is 11.6 Å². The summed E-state index contributed by atoms with van der Waals surface area (Å²) in [5.41, 5.74) is 1.28. The van der Waals surface area contributed by atoms with Crippen LogP contribution in [0.1, 0.15) is 27.9 Å². The highest BCUT2D eigenvalue weighted by molar-refractivity contribution is 7.92. The van der Waals surface area contributed by atoms with Crippen molar-refractivity contribution in [3.05, 3.63) is 95.1 Å². The number of hydrogen-bond acceptors (Lipinski definition) is 3. The van der Waals surface area contributed by atoms with Crippen LogP contribution in [0.25, 0.3) is 0 Å². The summed E-state index contributed by atoms with van der Waals surface area (Å²) in [6.45, 7) is 0.323. The number of halogens is 2. The lowest BCUT2D eigenvalue weighted by Gasteiger charge is -2.31. The number of anilines is 1. The number of aryl methyl sites for hydroxylation is 1. The number of ketones is 1. The first kappa shape index (κ1) is 20.2. The molecule has 1 heterocycles. The van der Waals surface area contributed by atoms with E-state index in [0.717, 1.165) is 17.7 Å². The second-order valence-electron chi connectivity index (χ2n) is 7.15. The van der Waals surface area contributed by atoms with Gasteiger partial charge in [0.15, 0.2) is 5.78 Å². The first-order valence-electron chi connectivity index (χ1n) is 9.55. The molecule has 0 saturated carbocycles. The fourth-order valence-electron chi connectivity index (χ4n) is 3.70. The van der Waals surface area contributed by atoms with Crippen molar-refractivity contribution in [3.63, 3.8) is 0 Å². The molecule has 0 spiro atoms. The predicted molar refractivity (Wildman–Crippen MR) is 110 cm³/mol. The predicted octanol–water partition coefficient (Wildman–Crippen LogP) is 4.53. The van der Waals surface area contributed by atoms with E-state index in [0.29, 0.717) is 30.6 Å². The number of carbonyl (C=O) groups is 1. The summed E-state index contributed by atoms with van der Waals surface area (Å²) in [6, 6.07) is 16.5. The maximum Gasteiger partial charge on any atom is 0.264 e. The molecule has 0 saturated heterocycles. The molecule has 4 rings (SSSR count). The lowest BCUT2D eigenvalue weighted by Crippen LogP contribution is -2.35. The Morgan fingerprint density at radius 1 is 0.933 bits per heavy atom. The number of nitrogens with zero attached hydrogens (tertiary/aromatic N) is 1. The maximum atomic E-state index is 13.9. The van der Waals surface area contributed by atoms with Crippen molar-refractivity contribution in [1.82, 2.24) is 0 Å². The van der Waals surface area contributed by atoms with E-state index in [1.165, 1.54) is 22.5 Å². The number of fused-ring (bicyclic) bond motifs is 1. The zero-order valence-electron chi connectivity index (χ0n) is 16.0. The van der Waals surface area contributed by atoms with Crippen molar-refractivity contribution < 1.29 is 22.0 Å². The van der Waals surface area contributed by atoms with Gasteiger partial charge in [0.1, 0.15) is 11.6 Å². The zero-order valence-corrected chi connectivity index (χ0v) is 16.8. The van der Waals surface area contributed by atoms with Gasteiger partial charge in [-0.1, -0.05) is 36.4 Å². The topological polar surface area (TPSA) is 54.5 Å². The van der Waals surface area contributed by atoms with E-state index < -0.39 is 33.0 Å². The summed E-state index contributed by atoms with van der Waals surface area (Å²) in [5, 5.41) is 0. The minimum Gasteiger partial charge on any atom is -0.294 e. The van der Waals surface area contributed by atoms with E-state index in [2.05, 4.69) is 0 Å². The van der Waals surface area contributed by atoms with E-state index >= 15 is 0 Å². The van der Waals surface area contributed by atoms with Crippen LogP contribution in [-0.2, 0) is 22.9 Å². The van der Waals surface area contributed by atoms with Crippen LogP contribution < -0.4 is 4.31 Å². The molecule has 7 heteroatoms. The average Bonchev–Trinajstić information content (AvgIpc) is 2.73. The highest BCUT2D eigenvalue weighted by Crippen LogP contribution is 2.33. The summed E-state index contributed by atoms with van der Waals surface area (Å²) in [5.74, 6) is -2.52. The highest BCUT2D eigenvalue weighted by Gasteiger charge is 2.29. The van der Waals surface area contributed by atoms with Crippen molar-refractivity contribution in [2.24, 2.45) is 0 Å². The smallest absolute Gasteiger partial charge is 0.264 e. The van der Waals surface area contributed by atoms with E-state index in [-0.39, 0.29) is 11.3 Å². The number of rotatable bonds is 5. The lowest BCUT2D eigenvalue weighted by atomic mass is 9.97. The van der Waals surface area contributed by atoms with Gasteiger partial charge in [0.25, 0.3) is 10.0 Å². The van der Waals surface area contributed by atoms with Crippen LogP contribution in [0.4, 0.5) is 14.5 Å². The monoisotopic (exact) mass is 427 g/mol. The summed E-state index contributed by atoms with van der Waals surface area (Å²) < 4.78 is 55.5. The van der Waals surface area contributed by atoms with Crippen molar-refractivity contribution >= 4 is 21.5 Å². The molecule has 3 aromatic carbocycles. The van der Waals surface area contributed by atoms with Crippen LogP contribution in [-0.4, -0.2) is 20.7 Å². The summed E-state index contributed by atoms with van der Waals surface area (Å²) >= 11 is 0. The van der Waals surface area contributed by atoms with Crippen molar-refractivity contribution in [3.8, 4) is 0 Å². The molecule has 0 radical (unpaired) electrons. The fraction of sp³-hybridized carbons (Fsp3) is 0.174. The second kappa shape index (κ2) is 7.99. The first-order valence-corrected chi connectivity index (χ1v) is 11.0. The Hall–Kier alpha value is -3.06. The molecule has 0 amide bonds. The minimum absolute atomic E-state index is 0.188. The van der Waals surface area contributed by atoms with E-state index in [1.807, 2.05) is 0 Å². The molecule has 154 valence electrons. The van der Waals surface area contributed by atoms with Gasteiger partial charge in [-0.25, -0.2) is 17.2 Å². The van der Waals surface area contributed by atoms with Gasteiger partial charge < -0.3 is 0 Å². The standard InChI is InChI=1S/C23H19F2NO3S/c24-19-9-4-10-20(25)23(19)22(27)15-16-11-12-17-6-5-13-26(21(17)14-16)30(28,29)18-7-2-1-3-8-18/h1-4,7-12,14H,5-6,13,15H2. The molecule has 0 aromatic heterocycles. The Labute approximate surface area is 173 Å². The van der Waals surface area contributed by atoms with Crippen LogP contribution in [0.15, 0.2) is 71.6 Å². The molecule has 3 aromatic rings. The average molecular weight is 427 g/mol. The Bertz CT molecular complexity index is 1190. The SMILES string of the molecule is O=C(Cc1ccc2c(c1)N(S(=O)(=O)c1ccccc1)CCC2)c1c(F)cccc1F. The van der Waals surface area contributed by atoms with Crippen molar-refractivity contribution in [2.45, 2.75) is 24.2 Å². The minimum atomic E-state index is -3.76. The normalized spacial score (nSPS) is 13.7. The van der Waals surface area contributed by atoms with Gasteiger partial charge in [-0.15, -0.1) is 0 Å². The first-order chi connectivity index (χ1) is 14.4. The molecular weight excluding hydrogens is 408 g/mol. The van der Waals surface area contributed by atoms with Gasteiger partial charge in [0, 0.05) is 13.0 Å². The molecule has 1 aliphatic heterocycles. The Balaban J connectivity index is 1.69. The quantitative estimate of drug-likeness (QED) is 0.562. The Morgan fingerprint density at radius 2 is 1.63 bits per heavy atom. The van der Waals surface area contributed by atoms with Crippen LogP contribution in [0.5, 0.6) is 0 Å². The molecular formula is C23H19F2NO3S. The molecule has 30 heavy (non-hydrogen) atoms. The maximum absolute atomic E-state index is 13.9. The van der Waals surface area contributed by atoms with Crippen LogP contribution >= 0.6 is 0 Å². The number of benzene rings is 3. The molecule has 0 atom stereocenters. The van der Waals surface area contributed by atoms with Crippen LogP contribution in [0.3, 0.4) is 0 Å². The van der Waals surface area contributed by atoms with Gasteiger partial charge in [-0.2, -0.15) is 0 Å². The molecule has 1 aliphatic rings. The Kier molecular flexibility index (Phi) is 5.39. The second-order valence-corrected chi connectivity index (χ2v) is 9.02. The van der Waals surface area contributed by atoms with Crippen molar-refractivity contribution in [2.75, 3.05) is 10.8 Å². The Morgan fingerprint density at radius 3 is 2.33 bits per heavy atom. The molecule has 0 aliphatic carbocycles. The number of carbonyl (C=O) groups excluding carboxylic acids is 1. The lowest BCUT2D eigenvalue weighted by molar-refractivity contribution is 0.0985. The summed E-state index contributed by atoms with van der Waals surface area (Å²) in [4.78, 5) is 12.7.